The molecule has 0 saturated heterocycles. The molecule has 0 unspecified atom stereocenters. The Morgan fingerprint density at radius 1 is 1.17 bits per heavy atom. The fourth-order valence-electron chi connectivity index (χ4n) is 3.60. The zero-order chi connectivity index (χ0) is 21.1. The molecule has 0 bridgehead atoms. The third-order valence-electron chi connectivity index (χ3n) is 5.12. The molecule has 0 saturated carbocycles. The average Bonchev–Trinajstić information content (AvgIpc) is 2.76. The molecule has 2 aromatic carbocycles. The van der Waals surface area contributed by atoms with E-state index in [1.807, 2.05) is 18.2 Å². The first kappa shape index (κ1) is 20.3. The molecule has 2 heterocycles. The number of hydrogen-bond acceptors (Lipinski definition) is 6. The van der Waals surface area contributed by atoms with Crippen LogP contribution in [0.15, 0.2) is 47.3 Å². The first-order valence-corrected chi connectivity index (χ1v) is 10.0. The standard InChI is InChI=1S/C22H23ClN4O3/c1-29-19-11-18(20(30-2)10-16(19)23)25-22-24-17-8-9-27(13-15(17)21(28)26-22)12-14-6-4-3-5-7-14/h3-7,10-11H,8-9,12-13H2,1-2H3,(H2,24,25,26,28). The number of aromatic nitrogens is 2. The quantitative estimate of drug-likeness (QED) is 0.625. The molecule has 0 spiro atoms. The van der Waals surface area contributed by atoms with E-state index in [-0.39, 0.29) is 5.56 Å². The molecule has 0 aliphatic carbocycles. The number of H-pyrrole nitrogens is 1. The van der Waals surface area contributed by atoms with Crippen LogP contribution >= 0.6 is 11.6 Å². The van der Waals surface area contributed by atoms with Crippen molar-refractivity contribution >= 4 is 23.2 Å². The highest BCUT2D eigenvalue weighted by Gasteiger charge is 2.22. The van der Waals surface area contributed by atoms with Crippen molar-refractivity contribution in [3.05, 3.63) is 74.7 Å². The van der Waals surface area contributed by atoms with Gasteiger partial charge in [0, 0.05) is 38.2 Å². The van der Waals surface area contributed by atoms with Crippen LogP contribution in [0.3, 0.4) is 0 Å². The Bertz CT molecular complexity index is 1100. The molecule has 30 heavy (non-hydrogen) atoms. The van der Waals surface area contributed by atoms with Gasteiger partial charge in [-0.1, -0.05) is 41.9 Å². The lowest BCUT2D eigenvalue weighted by atomic mass is 10.1. The first-order valence-electron chi connectivity index (χ1n) is 9.64. The summed E-state index contributed by atoms with van der Waals surface area (Å²) in [6.07, 6.45) is 0.710. The van der Waals surface area contributed by atoms with Gasteiger partial charge in [-0.2, -0.15) is 0 Å². The molecule has 1 aliphatic heterocycles. The van der Waals surface area contributed by atoms with Gasteiger partial charge in [-0.25, -0.2) is 4.98 Å². The molecule has 0 fully saturated rings. The van der Waals surface area contributed by atoms with E-state index < -0.39 is 0 Å². The number of fused-ring (bicyclic) bond motifs is 1. The van der Waals surface area contributed by atoms with E-state index in [9.17, 15) is 4.79 Å². The Labute approximate surface area is 179 Å². The number of halogens is 1. The van der Waals surface area contributed by atoms with Crippen LogP contribution in [0.1, 0.15) is 16.8 Å². The summed E-state index contributed by atoms with van der Waals surface area (Å²) in [6.45, 7) is 2.22. The number of aromatic amines is 1. The summed E-state index contributed by atoms with van der Waals surface area (Å²) in [5.74, 6) is 1.38. The minimum Gasteiger partial charge on any atom is -0.495 e. The number of rotatable bonds is 6. The van der Waals surface area contributed by atoms with E-state index in [0.717, 1.165) is 18.8 Å². The predicted molar refractivity (Wildman–Crippen MR) is 117 cm³/mol. The predicted octanol–water partition coefficient (Wildman–Crippen LogP) is 3.74. The molecular formula is C22H23ClN4O3. The number of ether oxygens (including phenoxy) is 2. The number of hydrogen-bond donors (Lipinski definition) is 2. The van der Waals surface area contributed by atoms with E-state index in [4.69, 9.17) is 21.1 Å². The van der Waals surface area contributed by atoms with Gasteiger partial charge in [0.2, 0.25) is 5.95 Å². The molecule has 4 rings (SSSR count). The molecule has 8 heteroatoms. The zero-order valence-corrected chi connectivity index (χ0v) is 17.6. The van der Waals surface area contributed by atoms with E-state index in [2.05, 4.69) is 32.3 Å². The SMILES string of the molecule is COc1cc(Nc2nc3c(c(=O)[nH]2)CN(Cc2ccccc2)CC3)c(OC)cc1Cl. The van der Waals surface area contributed by atoms with E-state index >= 15 is 0 Å². The number of nitrogens with one attached hydrogen (secondary N) is 2. The lowest BCUT2D eigenvalue weighted by Gasteiger charge is -2.27. The van der Waals surface area contributed by atoms with Crippen LogP contribution in [-0.4, -0.2) is 35.6 Å². The Morgan fingerprint density at radius 3 is 2.67 bits per heavy atom. The van der Waals surface area contributed by atoms with Crippen LogP contribution in [0.5, 0.6) is 11.5 Å². The molecule has 2 N–H and O–H groups in total. The summed E-state index contributed by atoms with van der Waals surface area (Å²) in [5, 5.41) is 3.56. The third kappa shape index (κ3) is 4.27. The Kier molecular flexibility index (Phi) is 5.92. The van der Waals surface area contributed by atoms with Gasteiger partial charge in [0.25, 0.3) is 5.56 Å². The Morgan fingerprint density at radius 2 is 1.93 bits per heavy atom. The van der Waals surface area contributed by atoms with Crippen molar-refractivity contribution < 1.29 is 9.47 Å². The topological polar surface area (TPSA) is 79.5 Å². The lowest BCUT2D eigenvalue weighted by molar-refractivity contribution is 0.242. The summed E-state index contributed by atoms with van der Waals surface area (Å²) in [4.78, 5) is 22.5. The summed E-state index contributed by atoms with van der Waals surface area (Å²) in [5.41, 5.74) is 3.21. The van der Waals surface area contributed by atoms with Crippen molar-refractivity contribution in [2.24, 2.45) is 0 Å². The molecule has 7 nitrogen and oxygen atoms in total. The molecule has 0 amide bonds. The third-order valence-corrected chi connectivity index (χ3v) is 5.42. The van der Waals surface area contributed by atoms with Crippen molar-refractivity contribution in [1.82, 2.24) is 14.9 Å². The average molecular weight is 427 g/mol. The van der Waals surface area contributed by atoms with Crippen LogP contribution in [0, 0.1) is 0 Å². The van der Waals surface area contributed by atoms with Crippen molar-refractivity contribution in [2.45, 2.75) is 19.5 Å². The summed E-state index contributed by atoms with van der Waals surface area (Å²) in [7, 11) is 3.09. The maximum atomic E-state index is 12.8. The summed E-state index contributed by atoms with van der Waals surface area (Å²) < 4.78 is 10.7. The first-order chi connectivity index (χ1) is 14.6. The second kappa shape index (κ2) is 8.77. The monoisotopic (exact) mass is 426 g/mol. The van der Waals surface area contributed by atoms with Gasteiger partial charge in [-0.05, 0) is 5.56 Å². The smallest absolute Gasteiger partial charge is 0.257 e. The molecule has 1 aromatic heterocycles. The fraction of sp³-hybridized carbons (Fsp3) is 0.273. The molecule has 3 aromatic rings. The molecule has 0 atom stereocenters. The van der Waals surface area contributed by atoms with Crippen LogP contribution in [0.4, 0.5) is 11.6 Å². The number of anilines is 2. The summed E-state index contributed by atoms with van der Waals surface area (Å²) >= 11 is 6.16. The van der Waals surface area contributed by atoms with Gasteiger partial charge in [-0.15, -0.1) is 0 Å². The van der Waals surface area contributed by atoms with Crippen LogP contribution in [-0.2, 0) is 19.5 Å². The van der Waals surface area contributed by atoms with Crippen molar-refractivity contribution in [2.75, 3.05) is 26.1 Å². The minimum atomic E-state index is -0.139. The van der Waals surface area contributed by atoms with Crippen molar-refractivity contribution in [3.63, 3.8) is 0 Å². The van der Waals surface area contributed by atoms with Gasteiger partial charge in [-0.3, -0.25) is 14.7 Å². The second-order valence-electron chi connectivity index (χ2n) is 7.10. The number of nitrogens with zero attached hydrogens (tertiary/aromatic N) is 2. The van der Waals surface area contributed by atoms with Crippen molar-refractivity contribution in [3.8, 4) is 11.5 Å². The van der Waals surface area contributed by atoms with Gasteiger partial charge < -0.3 is 14.8 Å². The maximum absolute atomic E-state index is 12.8. The highest BCUT2D eigenvalue weighted by atomic mass is 35.5. The molecule has 156 valence electrons. The Hall–Kier alpha value is -3.03. The molecule has 0 radical (unpaired) electrons. The molecular weight excluding hydrogens is 404 g/mol. The highest BCUT2D eigenvalue weighted by molar-refractivity contribution is 6.32. The number of benzene rings is 2. The van der Waals surface area contributed by atoms with E-state index in [0.29, 0.717) is 46.7 Å². The lowest BCUT2D eigenvalue weighted by Crippen LogP contribution is -2.35. The maximum Gasteiger partial charge on any atom is 0.257 e. The van der Waals surface area contributed by atoms with Gasteiger partial charge in [0.15, 0.2) is 0 Å². The minimum absolute atomic E-state index is 0.139. The van der Waals surface area contributed by atoms with Crippen molar-refractivity contribution in [1.29, 1.82) is 0 Å². The van der Waals surface area contributed by atoms with Gasteiger partial charge in [0.05, 0.1) is 36.2 Å². The highest BCUT2D eigenvalue weighted by Crippen LogP contribution is 2.36. The normalized spacial score (nSPS) is 13.6. The number of methoxy groups -OCH3 is 2. The van der Waals surface area contributed by atoms with E-state index in [1.54, 1.807) is 19.2 Å². The Balaban J connectivity index is 1.56. The summed E-state index contributed by atoms with van der Waals surface area (Å²) in [6, 6.07) is 13.6. The molecule has 1 aliphatic rings. The van der Waals surface area contributed by atoms with E-state index in [1.165, 1.54) is 12.7 Å². The van der Waals surface area contributed by atoms with Crippen LogP contribution in [0.25, 0.3) is 0 Å². The van der Waals surface area contributed by atoms with Crippen LogP contribution in [0.2, 0.25) is 5.02 Å². The zero-order valence-electron chi connectivity index (χ0n) is 16.9. The van der Waals surface area contributed by atoms with Gasteiger partial charge >= 0.3 is 0 Å². The largest absolute Gasteiger partial charge is 0.495 e. The van der Waals surface area contributed by atoms with Crippen LogP contribution < -0.4 is 20.3 Å². The second-order valence-corrected chi connectivity index (χ2v) is 7.51. The van der Waals surface area contributed by atoms with Gasteiger partial charge in [0.1, 0.15) is 11.5 Å². The fourth-order valence-corrected chi connectivity index (χ4v) is 3.83.